The normalized spacial score (nSPS) is 12.1. The van der Waals surface area contributed by atoms with Gasteiger partial charge in [-0.15, -0.1) is 0 Å². The second-order valence-corrected chi connectivity index (χ2v) is 3.97. The summed E-state index contributed by atoms with van der Waals surface area (Å²) in [6.45, 7) is 2.42. The van der Waals surface area contributed by atoms with E-state index in [2.05, 4.69) is 0 Å². The summed E-state index contributed by atoms with van der Waals surface area (Å²) >= 11 is 0. The van der Waals surface area contributed by atoms with Crippen molar-refractivity contribution in [3.63, 3.8) is 0 Å². The van der Waals surface area contributed by atoms with Gasteiger partial charge in [0.15, 0.2) is 0 Å². The van der Waals surface area contributed by atoms with Gasteiger partial charge in [0.25, 0.3) is 0 Å². The first-order valence-electron chi connectivity index (χ1n) is 5.91. The van der Waals surface area contributed by atoms with E-state index in [0.717, 1.165) is 5.56 Å². The fourth-order valence-electron chi connectivity index (χ4n) is 1.83. The average molecular weight is 244 g/mol. The topological polar surface area (TPSA) is 49.7 Å². The molecule has 0 aliphatic heterocycles. The number of rotatable bonds is 4. The monoisotopic (exact) mass is 244 g/mol. The van der Waals surface area contributed by atoms with Crippen LogP contribution < -0.4 is 4.74 Å². The van der Waals surface area contributed by atoms with E-state index < -0.39 is 6.10 Å². The highest BCUT2D eigenvalue weighted by Crippen LogP contribution is 2.32. The quantitative estimate of drug-likeness (QED) is 0.869. The Balaban J connectivity index is 2.28. The van der Waals surface area contributed by atoms with Gasteiger partial charge in [0, 0.05) is 11.6 Å². The summed E-state index contributed by atoms with van der Waals surface area (Å²) in [4.78, 5) is 0. The number of phenolic OH excluding ortho intramolecular Hbond substituents is 1. The van der Waals surface area contributed by atoms with Crippen molar-refractivity contribution < 1.29 is 14.9 Å². The molecule has 0 aliphatic carbocycles. The molecule has 1 unspecified atom stereocenters. The summed E-state index contributed by atoms with van der Waals surface area (Å²) in [5.74, 6) is 0.635. The first-order chi connectivity index (χ1) is 8.72. The zero-order valence-electron chi connectivity index (χ0n) is 10.2. The smallest absolute Gasteiger partial charge is 0.125 e. The van der Waals surface area contributed by atoms with Gasteiger partial charge in [0.1, 0.15) is 17.6 Å². The molecular formula is C15H16O3. The minimum absolute atomic E-state index is 0.0392. The molecule has 0 heterocycles. The third kappa shape index (κ3) is 2.63. The van der Waals surface area contributed by atoms with Crippen LogP contribution >= 0.6 is 0 Å². The molecule has 0 aromatic heterocycles. The molecule has 94 valence electrons. The van der Waals surface area contributed by atoms with Crippen molar-refractivity contribution in [2.45, 2.75) is 13.0 Å². The van der Waals surface area contributed by atoms with Gasteiger partial charge >= 0.3 is 0 Å². The zero-order valence-corrected chi connectivity index (χ0v) is 10.2. The lowest BCUT2D eigenvalue weighted by molar-refractivity contribution is 0.215. The van der Waals surface area contributed by atoms with E-state index in [0.29, 0.717) is 17.9 Å². The molecule has 2 aromatic carbocycles. The van der Waals surface area contributed by atoms with Crippen LogP contribution in [0.2, 0.25) is 0 Å². The Bertz CT molecular complexity index is 508. The number of aliphatic hydroxyl groups excluding tert-OH is 1. The third-order valence-electron chi connectivity index (χ3n) is 2.72. The van der Waals surface area contributed by atoms with Gasteiger partial charge < -0.3 is 14.9 Å². The first-order valence-corrected chi connectivity index (χ1v) is 5.91. The van der Waals surface area contributed by atoms with Crippen LogP contribution in [0.15, 0.2) is 48.5 Å². The highest BCUT2D eigenvalue weighted by Gasteiger charge is 2.14. The largest absolute Gasteiger partial charge is 0.507 e. The van der Waals surface area contributed by atoms with Gasteiger partial charge in [-0.25, -0.2) is 0 Å². The first kappa shape index (κ1) is 12.5. The molecule has 3 nitrogen and oxygen atoms in total. The molecule has 0 radical (unpaired) electrons. The van der Waals surface area contributed by atoms with Gasteiger partial charge in [-0.3, -0.25) is 0 Å². The Morgan fingerprint density at radius 3 is 2.44 bits per heavy atom. The number of hydrogen-bond acceptors (Lipinski definition) is 3. The maximum absolute atomic E-state index is 10.2. The van der Waals surface area contributed by atoms with Crippen LogP contribution in [0.25, 0.3) is 0 Å². The fourth-order valence-corrected chi connectivity index (χ4v) is 1.83. The Hall–Kier alpha value is -2.00. The van der Waals surface area contributed by atoms with E-state index in [9.17, 15) is 10.2 Å². The molecule has 0 spiro atoms. The maximum Gasteiger partial charge on any atom is 0.125 e. The van der Waals surface area contributed by atoms with Crippen LogP contribution in [0.4, 0.5) is 0 Å². The molecule has 18 heavy (non-hydrogen) atoms. The molecule has 2 rings (SSSR count). The van der Waals surface area contributed by atoms with E-state index in [-0.39, 0.29) is 5.75 Å². The summed E-state index contributed by atoms with van der Waals surface area (Å²) < 4.78 is 5.29. The summed E-state index contributed by atoms with van der Waals surface area (Å²) in [6, 6.07) is 14.2. The lowest BCUT2D eigenvalue weighted by Crippen LogP contribution is -2.00. The number of aliphatic hydroxyl groups is 1. The Kier molecular flexibility index (Phi) is 3.85. The van der Waals surface area contributed by atoms with Gasteiger partial charge in [0.2, 0.25) is 0 Å². The highest BCUT2D eigenvalue weighted by atomic mass is 16.5. The van der Waals surface area contributed by atoms with Crippen molar-refractivity contribution in [2.24, 2.45) is 0 Å². The molecule has 2 aromatic rings. The number of benzene rings is 2. The Labute approximate surface area is 106 Å². The maximum atomic E-state index is 10.2. The minimum atomic E-state index is -0.832. The van der Waals surface area contributed by atoms with E-state index in [1.807, 2.05) is 37.3 Å². The molecule has 0 saturated carbocycles. The van der Waals surface area contributed by atoms with Crippen LogP contribution in [0.5, 0.6) is 11.5 Å². The molecule has 0 bridgehead atoms. The predicted molar refractivity (Wildman–Crippen MR) is 69.8 cm³/mol. The van der Waals surface area contributed by atoms with Crippen molar-refractivity contribution >= 4 is 0 Å². The molecule has 0 saturated heterocycles. The Morgan fingerprint density at radius 2 is 1.83 bits per heavy atom. The van der Waals surface area contributed by atoms with Crippen molar-refractivity contribution in [3.05, 3.63) is 59.7 Å². The van der Waals surface area contributed by atoms with Crippen LogP contribution in [-0.2, 0) is 0 Å². The van der Waals surface area contributed by atoms with Gasteiger partial charge in [-0.05, 0) is 24.6 Å². The van der Waals surface area contributed by atoms with Crippen molar-refractivity contribution in [1.82, 2.24) is 0 Å². The third-order valence-corrected chi connectivity index (χ3v) is 2.72. The van der Waals surface area contributed by atoms with E-state index in [4.69, 9.17) is 4.74 Å². The average Bonchev–Trinajstić information content (AvgIpc) is 2.40. The van der Waals surface area contributed by atoms with Gasteiger partial charge in [-0.1, -0.05) is 30.3 Å². The van der Waals surface area contributed by atoms with E-state index in [1.165, 1.54) is 6.07 Å². The molecule has 0 aliphatic rings. The van der Waals surface area contributed by atoms with Gasteiger partial charge in [-0.2, -0.15) is 0 Å². The second kappa shape index (κ2) is 5.56. The standard InChI is InChI=1S/C15H16O3/c1-2-18-12-8-9-13(14(16)10-12)15(17)11-6-4-3-5-7-11/h3-10,15-17H,2H2,1H3. The van der Waals surface area contributed by atoms with Crippen molar-refractivity contribution in [2.75, 3.05) is 6.61 Å². The van der Waals surface area contributed by atoms with Crippen LogP contribution in [0.1, 0.15) is 24.2 Å². The number of ether oxygens (including phenoxy) is 1. The lowest BCUT2D eigenvalue weighted by atomic mass is 10.0. The minimum Gasteiger partial charge on any atom is -0.507 e. The fraction of sp³-hybridized carbons (Fsp3) is 0.200. The highest BCUT2D eigenvalue weighted by molar-refractivity contribution is 5.44. The van der Waals surface area contributed by atoms with Crippen LogP contribution in [0, 0.1) is 0 Å². The molecule has 1 atom stereocenters. The summed E-state index contributed by atoms with van der Waals surface area (Å²) in [5, 5.41) is 20.1. The molecular weight excluding hydrogens is 228 g/mol. The molecule has 0 fully saturated rings. The number of phenols is 1. The van der Waals surface area contributed by atoms with Crippen LogP contribution in [0.3, 0.4) is 0 Å². The van der Waals surface area contributed by atoms with Crippen molar-refractivity contribution in [1.29, 1.82) is 0 Å². The Morgan fingerprint density at radius 1 is 1.11 bits per heavy atom. The number of hydrogen-bond donors (Lipinski definition) is 2. The molecule has 0 amide bonds. The second-order valence-electron chi connectivity index (χ2n) is 3.97. The summed E-state index contributed by atoms with van der Waals surface area (Å²) in [7, 11) is 0. The molecule has 2 N–H and O–H groups in total. The molecule has 3 heteroatoms. The summed E-state index contributed by atoms with van der Waals surface area (Å²) in [6.07, 6.45) is -0.832. The number of aromatic hydroxyl groups is 1. The van der Waals surface area contributed by atoms with Crippen LogP contribution in [-0.4, -0.2) is 16.8 Å². The summed E-state index contributed by atoms with van der Waals surface area (Å²) in [5.41, 5.74) is 1.22. The van der Waals surface area contributed by atoms with E-state index in [1.54, 1.807) is 12.1 Å². The predicted octanol–water partition coefficient (Wildman–Crippen LogP) is 2.87. The zero-order chi connectivity index (χ0) is 13.0. The van der Waals surface area contributed by atoms with Gasteiger partial charge in [0.05, 0.1) is 6.61 Å². The lowest BCUT2D eigenvalue weighted by Gasteiger charge is -2.14. The van der Waals surface area contributed by atoms with Crippen molar-refractivity contribution in [3.8, 4) is 11.5 Å². The van der Waals surface area contributed by atoms with E-state index >= 15 is 0 Å². The SMILES string of the molecule is CCOc1ccc(C(O)c2ccccc2)c(O)c1.